The first kappa shape index (κ1) is 15.4. The zero-order valence-corrected chi connectivity index (χ0v) is 13.5. The molecule has 1 amide bonds. The molecule has 1 unspecified atom stereocenters. The van der Waals surface area contributed by atoms with Crippen molar-refractivity contribution < 1.29 is 4.79 Å². The summed E-state index contributed by atoms with van der Waals surface area (Å²) >= 11 is 0. The molecule has 6 heteroatoms. The van der Waals surface area contributed by atoms with Gasteiger partial charge in [0.1, 0.15) is 12.1 Å². The van der Waals surface area contributed by atoms with Crippen molar-refractivity contribution in [2.24, 2.45) is 0 Å². The largest absolute Gasteiger partial charge is 0.354 e. The van der Waals surface area contributed by atoms with Crippen LogP contribution >= 0.6 is 0 Å². The van der Waals surface area contributed by atoms with Crippen LogP contribution in [0, 0.1) is 13.8 Å². The van der Waals surface area contributed by atoms with Gasteiger partial charge in [0.05, 0.1) is 5.56 Å². The van der Waals surface area contributed by atoms with Crippen molar-refractivity contribution in [2.45, 2.75) is 32.7 Å². The van der Waals surface area contributed by atoms with Crippen LogP contribution in [0.15, 0.2) is 30.9 Å². The summed E-state index contributed by atoms with van der Waals surface area (Å²) in [5.74, 6) is 0.901. The maximum Gasteiger partial charge on any atom is 0.253 e. The molecule has 1 aliphatic heterocycles. The molecule has 120 valence electrons. The predicted molar refractivity (Wildman–Crippen MR) is 88.4 cm³/mol. The first-order chi connectivity index (χ1) is 11.1. The number of carbonyl (C=O) groups excluding carboxylic acids is 1. The highest BCUT2D eigenvalue weighted by atomic mass is 16.1. The van der Waals surface area contributed by atoms with E-state index < -0.39 is 0 Å². The molecule has 0 spiro atoms. The van der Waals surface area contributed by atoms with Gasteiger partial charge in [0, 0.05) is 42.8 Å². The number of pyridine rings is 1. The molecule has 1 saturated heterocycles. The van der Waals surface area contributed by atoms with Gasteiger partial charge >= 0.3 is 0 Å². The Bertz CT molecular complexity index is 689. The maximum absolute atomic E-state index is 12.3. The van der Waals surface area contributed by atoms with E-state index in [0.29, 0.717) is 5.56 Å². The topological polar surface area (TPSA) is 71.0 Å². The number of hydrogen-bond acceptors (Lipinski definition) is 5. The third kappa shape index (κ3) is 3.47. The molecule has 0 bridgehead atoms. The van der Waals surface area contributed by atoms with Gasteiger partial charge in [0.15, 0.2) is 0 Å². The van der Waals surface area contributed by atoms with Crippen LogP contribution in [0.4, 0.5) is 5.82 Å². The van der Waals surface area contributed by atoms with Crippen LogP contribution in [0.1, 0.15) is 34.5 Å². The van der Waals surface area contributed by atoms with Crippen LogP contribution in [-0.4, -0.2) is 40.0 Å². The third-order valence-electron chi connectivity index (χ3n) is 4.29. The molecule has 0 aromatic carbocycles. The van der Waals surface area contributed by atoms with Gasteiger partial charge in [0.25, 0.3) is 5.91 Å². The molecular formula is C17H21N5O. The number of carbonyl (C=O) groups is 1. The summed E-state index contributed by atoms with van der Waals surface area (Å²) in [5.41, 5.74) is 2.70. The maximum atomic E-state index is 12.3. The van der Waals surface area contributed by atoms with Crippen molar-refractivity contribution in [3.63, 3.8) is 0 Å². The fraction of sp³-hybridized carbons (Fsp3) is 0.412. The molecule has 1 N–H and O–H groups in total. The average Bonchev–Trinajstić information content (AvgIpc) is 2.58. The minimum atomic E-state index is -0.0689. The van der Waals surface area contributed by atoms with Gasteiger partial charge in [-0.2, -0.15) is 0 Å². The molecule has 1 fully saturated rings. The monoisotopic (exact) mass is 311 g/mol. The molecule has 0 aliphatic carbocycles. The molecule has 3 heterocycles. The van der Waals surface area contributed by atoms with E-state index in [4.69, 9.17) is 0 Å². The summed E-state index contributed by atoms with van der Waals surface area (Å²) in [6.45, 7) is 5.76. The molecule has 1 atom stereocenters. The number of nitrogens with one attached hydrogen (secondary N) is 1. The van der Waals surface area contributed by atoms with Crippen LogP contribution in [0.25, 0.3) is 0 Å². The second-order valence-corrected chi connectivity index (χ2v) is 5.91. The van der Waals surface area contributed by atoms with E-state index in [9.17, 15) is 4.79 Å². The fourth-order valence-electron chi connectivity index (χ4n) is 2.90. The van der Waals surface area contributed by atoms with Crippen molar-refractivity contribution in [1.82, 2.24) is 20.3 Å². The molecule has 3 rings (SSSR count). The normalized spacial score (nSPS) is 17.8. The highest BCUT2D eigenvalue weighted by Gasteiger charge is 2.24. The van der Waals surface area contributed by atoms with Crippen molar-refractivity contribution >= 4 is 11.7 Å². The second-order valence-electron chi connectivity index (χ2n) is 5.91. The Labute approximate surface area is 136 Å². The van der Waals surface area contributed by atoms with Crippen LogP contribution < -0.4 is 10.2 Å². The second kappa shape index (κ2) is 6.73. The Morgan fingerprint density at radius 1 is 1.35 bits per heavy atom. The number of hydrogen-bond donors (Lipinski definition) is 1. The van der Waals surface area contributed by atoms with Crippen LogP contribution in [0.5, 0.6) is 0 Å². The minimum absolute atomic E-state index is 0.0689. The molecule has 2 aromatic heterocycles. The summed E-state index contributed by atoms with van der Waals surface area (Å²) in [5, 5.41) is 3.10. The number of anilines is 1. The Morgan fingerprint density at radius 2 is 2.22 bits per heavy atom. The SMILES string of the molecule is Cc1ncnc(N2CCCC(NC(=O)c3cccnc3)C2)c1C. The van der Waals surface area contributed by atoms with Gasteiger partial charge in [-0.25, -0.2) is 9.97 Å². The summed E-state index contributed by atoms with van der Waals surface area (Å²) in [7, 11) is 0. The first-order valence-electron chi connectivity index (χ1n) is 7.89. The van der Waals surface area contributed by atoms with Crippen molar-refractivity contribution in [1.29, 1.82) is 0 Å². The Hall–Kier alpha value is -2.50. The van der Waals surface area contributed by atoms with Crippen molar-refractivity contribution in [3.8, 4) is 0 Å². The molecule has 2 aromatic rings. The van der Waals surface area contributed by atoms with E-state index in [1.165, 1.54) is 0 Å². The lowest BCUT2D eigenvalue weighted by Gasteiger charge is -2.34. The summed E-state index contributed by atoms with van der Waals surface area (Å²) in [6, 6.07) is 3.67. The zero-order valence-electron chi connectivity index (χ0n) is 13.5. The van der Waals surface area contributed by atoms with E-state index in [1.807, 2.05) is 13.8 Å². The van der Waals surface area contributed by atoms with Gasteiger partial charge in [-0.15, -0.1) is 0 Å². The third-order valence-corrected chi connectivity index (χ3v) is 4.29. The average molecular weight is 311 g/mol. The van der Waals surface area contributed by atoms with Gasteiger partial charge in [-0.3, -0.25) is 9.78 Å². The van der Waals surface area contributed by atoms with Gasteiger partial charge in [0.2, 0.25) is 0 Å². The highest BCUT2D eigenvalue weighted by Crippen LogP contribution is 2.22. The standard InChI is InChI=1S/C17H21N5O/c1-12-13(2)19-11-20-16(12)22-8-4-6-15(10-22)21-17(23)14-5-3-7-18-9-14/h3,5,7,9,11,15H,4,6,8,10H2,1-2H3,(H,21,23). The summed E-state index contributed by atoms with van der Waals surface area (Å²) in [4.78, 5) is 27.2. The van der Waals surface area contributed by atoms with Crippen LogP contribution in [0.2, 0.25) is 0 Å². The van der Waals surface area contributed by atoms with E-state index in [-0.39, 0.29) is 11.9 Å². The number of piperidine rings is 1. The predicted octanol–water partition coefficient (Wildman–Crippen LogP) is 1.89. The Kier molecular flexibility index (Phi) is 4.50. The van der Waals surface area contributed by atoms with E-state index >= 15 is 0 Å². The smallest absolute Gasteiger partial charge is 0.253 e. The number of aromatic nitrogens is 3. The molecule has 0 saturated carbocycles. The summed E-state index contributed by atoms with van der Waals surface area (Å²) < 4.78 is 0. The molecule has 6 nitrogen and oxygen atoms in total. The lowest BCUT2D eigenvalue weighted by Crippen LogP contribution is -2.48. The number of amides is 1. The Morgan fingerprint density at radius 3 is 3.00 bits per heavy atom. The van der Waals surface area contributed by atoms with E-state index in [0.717, 1.165) is 43.0 Å². The lowest BCUT2D eigenvalue weighted by molar-refractivity contribution is 0.0932. The van der Waals surface area contributed by atoms with Gasteiger partial charge in [-0.05, 0) is 38.8 Å². The van der Waals surface area contributed by atoms with E-state index in [1.54, 1.807) is 30.9 Å². The minimum Gasteiger partial charge on any atom is -0.354 e. The number of aryl methyl sites for hydroxylation is 1. The first-order valence-corrected chi connectivity index (χ1v) is 7.89. The summed E-state index contributed by atoms with van der Waals surface area (Å²) in [6.07, 6.45) is 6.87. The van der Waals surface area contributed by atoms with Gasteiger partial charge < -0.3 is 10.2 Å². The molecular weight excluding hydrogens is 290 g/mol. The molecule has 0 radical (unpaired) electrons. The Balaban J connectivity index is 1.69. The van der Waals surface area contributed by atoms with Crippen LogP contribution in [0.3, 0.4) is 0 Å². The number of rotatable bonds is 3. The quantitative estimate of drug-likeness (QED) is 0.937. The zero-order chi connectivity index (χ0) is 16.2. The fourth-order valence-corrected chi connectivity index (χ4v) is 2.90. The van der Waals surface area contributed by atoms with Crippen molar-refractivity contribution in [2.75, 3.05) is 18.0 Å². The van der Waals surface area contributed by atoms with E-state index in [2.05, 4.69) is 25.2 Å². The number of nitrogens with zero attached hydrogens (tertiary/aromatic N) is 4. The molecule has 23 heavy (non-hydrogen) atoms. The van der Waals surface area contributed by atoms with Crippen LogP contribution in [-0.2, 0) is 0 Å². The highest BCUT2D eigenvalue weighted by molar-refractivity contribution is 5.94. The van der Waals surface area contributed by atoms with Crippen molar-refractivity contribution in [3.05, 3.63) is 47.7 Å². The van der Waals surface area contributed by atoms with Gasteiger partial charge in [-0.1, -0.05) is 0 Å². The molecule has 1 aliphatic rings. The lowest BCUT2D eigenvalue weighted by atomic mass is 10.0.